The highest BCUT2D eigenvalue weighted by Crippen LogP contribution is 2.32. The van der Waals surface area contributed by atoms with Crippen molar-refractivity contribution in [3.63, 3.8) is 0 Å². The molecule has 0 unspecified atom stereocenters. The van der Waals surface area contributed by atoms with Crippen LogP contribution in [0.4, 0.5) is 4.39 Å². The van der Waals surface area contributed by atoms with E-state index in [0.717, 1.165) is 13.1 Å². The van der Waals surface area contributed by atoms with E-state index in [2.05, 4.69) is 30.3 Å². The molecule has 6 heteroatoms. The minimum atomic E-state index is -3.52. The molecule has 0 atom stereocenters. The molecule has 0 spiro atoms. The number of sulfonamides is 1. The van der Waals surface area contributed by atoms with E-state index in [4.69, 9.17) is 0 Å². The lowest BCUT2D eigenvalue weighted by Gasteiger charge is -2.39. The van der Waals surface area contributed by atoms with Gasteiger partial charge < -0.3 is 4.90 Å². The number of nitrogens with zero attached hydrogens (tertiary/aromatic N) is 1. The molecule has 1 saturated carbocycles. The van der Waals surface area contributed by atoms with Crippen LogP contribution in [0.5, 0.6) is 0 Å². The Bertz CT molecular complexity index is 871. The number of halogens is 1. The number of rotatable bonds is 4. The molecule has 1 saturated heterocycles. The van der Waals surface area contributed by atoms with Gasteiger partial charge in [0.2, 0.25) is 10.0 Å². The summed E-state index contributed by atoms with van der Waals surface area (Å²) in [4.78, 5) is 1.72. The molecule has 2 fully saturated rings. The lowest BCUT2D eigenvalue weighted by molar-refractivity contribution is -0.930. The van der Waals surface area contributed by atoms with Crippen molar-refractivity contribution in [2.45, 2.75) is 42.5 Å². The fourth-order valence-corrected chi connectivity index (χ4v) is 6.18. The molecule has 1 aliphatic carbocycles. The van der Waals surface area contributed by atoms with E-state index in [1.54, 1.807) is 4.31 Å². The van der Waals surface area contributed by atoms with Crippen LogP contribution in [0.3, 0.4) is 0 Å². The van der Waals surface area contributed by atoms with Crippen molar-refractivity contribution in [1.82, 2.24) is 4.31 Å². The average Bonchev–Trinajstić information content (AvgIpc) is 2.75. The van der Waals surface area contributed by atoms with Crippen LogP contribution in [-0.2, 0) is 10.0 Å². The van der Waals surface area contributed by atoms with Gasteiger partial charge in [0.1, 0.15) is 5.82 Å². The smallest absolute Gasteiger partial charge is 0.243 e. The van der Waals surface area contributed by atoms with Crippen LogP contribution in [0.25, 0.3) is 0 Å². The highest BCUT2D eigenvalue weighted by molar-refractivity contribution is 7.89. The summed E-state index contributed by atoms with van der Waals surface area (Å²) in [6.07, 6.45) is 4.85. The van der Waals surface area contributed by atoms with Gasteiger partial charge in [0, 0.05) is 0 Å². The van der Waals surface area contributed by atoms with Crippen LogP contribution in [0, 0.1) is 5.82 Å². The maximum atomic E-state index is 13.1. The molecular weight excluding hydrogens is 375 g/mol. The molecule has 2 aliphatic rings. The number of benzene rings is 2. The number of hydrogen-bond acceptors (Lipinski definition) is 2. The summed E-state index contributed by atoms with van der Waals surface area (Å²) >= 11 is 0. The molecule has 28 heavy (non-hydrogen) atoms. The van der Waals surface area contributed by atoms with Crippen LogP contribution in [0.15, 0.2) is 59.5 Å². The molecule has 2 aromatic rings. The maximum Gasteiger partial charge on any atom is 0.243 e. The largest absolute Gasteiger partial charge is 0.330 e. The van der Waals surface area contributed by atoms with E-state index in [0.29, 0.717) is 25.0 Å². The van der Waals surface area contributed by atoms with Crippen molar-refractivity contribution in [2.24, 2.45) is 0 Å². The standard InChI is InChI=1S/C22H27FN2O2S/c23-20-8-12-22(13-9-20)28(26,27)25-16-14-24(15-17-25)21-10-6-19(7-11-21)18-4-2-1-3-5-18/h1-5,8-9,12-13,19,21H,6-7,10-11,14-17H2/p+1. The minimum Gasteiger partial charge on any atom is -0.330 e. The lowest BCUT2D eigenvalue weighted by atomic mass is 9.81. The summed E-state index contributed by atoms with van der Waals surface area (Å²) in [6, 6.07) is 16.5. The first kappa shape index (κ1) is 19.6. The van der Waals surface area contributed by atoms with Crippen LogP contribution in [0.2, 0.25) is 0 Å². The van der Waals surface area contributed by atoms with Crippen LogP contribution >= 0.6 is 0 Å². The third-order valence-corrected chi connectivity index (χ3v) is 8.30. The molecule has 1 aliphatic heterocycles. The molecular formula is C22H28FN2O2S+. The van der Waals surface area contributed by atoms with E-state index in [1.165, 1.54) is 60.4 Å². The van der Waals surface area contributed by atoms with Gasteiger partial charge in [0.05, 0.1) is 37.1 Å². The molecule has 0 radical (unpaired) electrons. The van der Waals surface area contributed by atoms with Crippen molar-refractivity contribution in [2.75, 3.05) is 26.2 Å². The maximum absolute atomic E-state index is 13.1. The average molecular weight is 404 g/mol. The predicted molar refractivity (Wildman–Crippen MR) is 107 cm³/mol. The molecule has 0 bridgehead atoms. The topological polar surface area (TPSA) is 41.8 Å². The number of hydrogen-bond donors (Lipinski definition) is 1. The number of nitrogens with one attached hydrogen (secondary N) is 1. The van der Waals surface area contributed by atoms with Crippen LogP contribution < -0.4 is 4.90 Å². The Morgan fingerprint density at radius 2 is 1.46 bits per heavy atom. The first-order chi connectivity index (χ1) is 13.5. The molecule has 1 N–H and O–H groups in total. The second-order valence-corrected chi connectivity index (χ2v) is 9.91. The van der Waals surface area contributed by atoms with Gasteiger partial charge in [-0.2, -0.15) is 4.31 Å². The molecule has 4 rings (SSSR count). The third kappa shape index (κ3) is 4.14. The SMILES string of the molecule is O=S(=O)(c1ccc(F)cc1)N1CC[NH+](C2CCC(c3ccccc3)CC2)CC1. The molecule has 2 aromatic carbocycles. The zero-order valence-corrected chi connectivity index (χ0v) is 16.9. The van der Waals surface area contributed by atoms with Crippen molar-refractivity contribution in [1.29, 1.82) is 0 Å². The molecule has 4 nitrogen and oxygen atoms in total. The van der Waals surface area contributed by atoms with Crippen LogP contribution in [0.1, 0.15) is 37.2 Å². The lowest BCUT2D eigenvalue weighted by Crippen LogP contribution is -3.18. The van der Waals surface area contributed by atoms with Crippen molar-refractivity contribution in [3.05, 3.63) is 66.0 Å². The summed E-state index contributed by atoms with van der Waals surface area (Å²) < 4.78 is 40.2. The Morgan fingerprint density at radius 1 is 0.857 bits per heavy atom. The summed E-state index contributed by atoms with van der Waals surface area (Å²) in [5.74, 6) is 0.247. The van der Waals surface area contributed by atoms with Gasteiger partial charge in [0.15, 0.2) is 0 Å². The van der Waals surface area contributed by atoms with E-state index in [9.17, 15) is 12.8 Å². The predicted octanol–water partition coefficient (Wildman–Crippen LogP) is 2.44. The Hall–Kier alpha value is -1.76. The Labute approximate surface area is 167 Å². The van der Waals surface area contributed by atoms with Gasteiger partial charge in [-0.25, -0.2) is 12.8 Å². The Balaban J connectivity index is 1.32. The van der Waals surface area contributed by atoms with Gasteiger partial charge in [-0.15, -0.1) is 0 Å². The third-order valence-electron chi connectivity index (χ3n) is 6.39. The quantitative estimate of drug-likeness (QED) is 0.852. The summed E-state index contributed by atoms with van der Waals surface area (Å²) in [6.45, 7) is 2.77. The van der Waals surface area contributed by atoms with Gasteiger partial charge >= 0.3 is 0 Å². The van der Waals surface area contributed by atoms with E-state index < -0.39 is 15.8 Å². The first-order valence-electron chi connectivity index (χ1n) is 10.2. The fourth-order valence-electron chi connectivity index (χ4n) is 4.74. The van der Waals surface area contributed by atoms with Gasteiger partial charge in [-0.1, -0.05) is 30.3 Å². The molecule has 0 amide bonds. The highest BCUT2D eigenvalue weighted by Gasteiger charge is 2.35. The second kappa shape index (κ2) is 8.31. The first-order valence-corrected chi connectivity index (χ1v) is 11.6. The van der Waals surface area contributed by atoms with E-state index in [-0.39, 0.29) is 4.90 Å². The zero-order chi connectivity index (χ0) is 19.6. The monoisotopic (exact) mass is 403 g/mol. The summed E-state index contributed by atoms with van der Waals surface area (Å²) in [5.41, 5.74) is 1.45. The zero-order valence-electron chi connectivity index (χ0n) is 16.1. The number of piperazine rings is 1. The molecule has 1 heterocycles. The highest BCUT2D eigenvalue weighted by atomic mass is 32.2. The van der Waals surface area contributed by atoms with E-state index >= 15 is 0 Å². The normalized spacial score (nSPS) is 24.9. The summed E-state index contributed by atoms with van der Waals surface area (Å²) in [5, 5.41) is 0. The van der Waals surface area contributed by atoms with E-state index in [1.807, 2.05) is 0 Å². The fraction of sp³-hybridized carbons (Fsp3) is 0.455. The minimum absolute atomic E-state index is 0.181. The molecule has 150 valence electrons. The van der Waals surface area contributed by atoms with Crippen LogP contribution in [-0.4, -0.2) is 44.9 Å². The molecule has 0 aromatic heterocycles. The Morgan fingerprint density at radius 3 is 2.07 bits per heavy atom. The van der Waals surface area contributed by atoms with Crippen molar-refractivity contribution in [3.8, 4) is 0 Å². The van der Waals surface area contributed by atoms with Crippen molar-refractivity contribution < 1.29 is 17.7 Å². The number of quaternary nitrogens is 1. The summed E-state index contributed by atoms with van der Waals surface area (Å²) in [7, 11) is -3.52. The van der Waals surface area contributed by atoms with Gasteiger partial charge in [0.25, 0.3) is 0 Å². The van der Waals surface area contributed by atoms with Gasteiger partial charge in [-0.3, -0.25) is 0 Å². The van der Waals surface area contributed by atoms with Crippen molar-refractivity contribution >= 4 is 10.0 Å². The Kier molecular flexibility index (Phi) is 5.80. The second-order valence-electron chi connectivity index (χ2n) is 7.98. The van der Waals surface area contributed by atoms with Gasteiger partial charge in [-0.05, 0) is 61.4 Å².